The number of aromatic nitrogens is 2. The molecule has 0 spiro atoms. The highest BCUT2D eigenvalue weighted by Crippen LogP contribution is 2.33. The average Bonchev–Trinajstić information content (AvgIpc) is 3.14. The van der Waals surface area contributed by atoms with Gasteiger partial charge in [0.2, 0.25) is 5.91 Å². The van der Waals surface area contributed by atoms with Crippen LogP contribution in [0.15, 0.2) is 15.8 Å². The zero-order chi connectivity index (χ0) is 43.0. The minimum atomic E-state index is -5.37. The summed E-state index contributed by atoms with van der Waals surface area (Å²) < 4.78 is 88.5. The van der Waals surface area contributed by atoms with E-state index in [1.54, 1.807) is 0 Å². The van der Waals surface area contributed by atoms with Crippen molar-refractivity contribution < 1.29 is 53.4 Å². The number of carbonyl (C=O) groups excluding carboxylic acids is 2. The Balaban J connectivity index is 2.29. The van der Waals surface area contributed by atoms with Crippen LogP contribution in [0.4, 0.5) is 0 Å². The van der Waals surface area contributed by atoms with Gasteiger partial charge < -0.3 is 14.8 Å². The summed E-state index contributed by atoms with van der Waals surface area (Å²) in [6.45, 7) is 4.60. The lowest BCUT2D eigenvalue weighted by atomic mass is 9.95. The van der Waals surface area contributed by atoms with Gasteiger partial charge in [-0.25, -0.2) is 13.2 Å². The molecule has 4 N–H and O–H groups in total. The fraction of sp³-hybridized carbons (Fsp3) is 0.846. The fourth-order valence-electron chi connectivity index (χ4n) is 7.12. The standard InChI is InChI=1S/C39H69N3O14S2/c1-4-6-8-10-12-14-16-18-20-22-24-26-32(43)40-34-36(55-33(44)27-25-23-21-19-17-15-13-11-9-7-5-2)35(56-58(50,51)52)31(29-53-57(47,48)49)54-38(34)42-28-30(3)37(45)41-39(42)46/h28,31,34-36,38H,4-27,29H2,1-3H3,(H,40,43)(H,41,45,46)(H,47,48,49)(H,50,51,52)/t31-,34-,35-,36-,38-/m1/s1. The average molecular weight is 868 g/mol. The van der Waals surface area contributed by atoms with Crippen LogP contribution in [-0.2, 0) is 48.2 Å². The van der Waals surface area contributed by atoms with Gasteiger partial charge in [-0.1, -0.05) is 142 Å². The molecule has 0 unspecified atom stereocenters. The van der Waals surface area contributed by atoms with Crippen LogP contribution in [-0.4, -0.2) is 78.3 Å². The van der Waals surface area contributed by atoms with Gasteiger partial charge in [-0.05, 0) is 19.8 Å². The number of unbranched alkanes of at least 4 members (excludes halogenated alkanes) is 20. The molecule has 1 saturated heterocycles. The summed E-state index contributed by atoms with van der Waals surface area (Å²) in [6.07, 6.45) is 16.3. The van der Waals surface area contributed by atoms with E-state index in [0.29, 0.717) is 19.3 Å². The Morgan fingerprint density at radius 1 is 0.724 bits per heavy atom. The van der Waals surface area contributed by atoms with Crippen molar-refractivity contribution in [3.05, 3.63) is 32.6 Å². The van der Waals surface area contributed by atoms with Crippen molar-refractivity contribution in [1.82, 2.24) is 14.9 Å². The number of hydrogen-bond donors (Lipinski definition) is 4. The molecule has 0 radical (unpaired) electrons. The van der Waals surface area contributed by atoms with Gasteiger partial charge in [-0.3, -0.25) is 33.0 Å². The van der Waals surface area contributed by atoms with Gasteiger partial charge in [0.15, 0.2) is 12.3 Å². The third-order valence-electron chi connectivity index (χ3n) is 10.3. The normalized spacial score (nSPS) is 19.9. The van der Waals surface area contributed by atoms with Crippen molar-refractivity contribution in [3.8, 4) is 0 Å². The maximum absolute atomic E-state index is 13.5. The Morgan fingerprint density at radius 3 is 1.66 bits per heavy atom. The van der Waals surface area contributed by atoms with Gasteiger partial charge in [0.05, 0.1) is 6.61 Å². The second kappa shape index (κ2) is 28.0. The van der Waals surface area contributed by atoms with E-state index in [2.05, 4.69) is 28.3 Å². The molecule has 2 rings (SSSR count). The predicted octanol–water partition coefficient (Wildman–Crippen LogP) is 6.55. The summed E-state index contributed by atoms with van der Waals surface area (Å²) in [5.41, 5.74) is -1.73. The number of nitrogens with zero attached hydrogens (tertiary/aromatic N) is 1. The highest BCUT2D eigenvalue weighted by molar-refractivity contribution is 7.81. The lowest BCUT2D eigenvalue weighted by molar-refractivity contribution is -0.221. The number of ether oxygens (including phenoxy) is 2. The van der Waals surface area contributed by atoms with E-state index in [1.165, 1.54) is 71.1 Å². The van der Waals surface area contributed by atoms with Gasteiger partial charge in [0.1, 0.15) is 18.2 Å². The monoisotopic (exact) mass is 867 g/mol. The first-order valence-electron chi connectivity index (χ1n) is 21.3. The molecule has 19 heteroatoms. The van der Waals surface area contributed by atoms with E-state index in [-0.39, 0.29) is 18.4 Å². The summed E-state index contributed by atoms with van der Waals surface area (Å²) in [7, 11) is -10.5. The number of rotatable bonds is 32. The number of aryl methyl sites for hydroxylation is 1. The number of esters is 1. The summed E-state index contributed by atoms with van der Waals surface area (Å²) >= 11 is 0. The minimum Gasteiger partial charge on any atom is -0.457 e. The Kier molecular flexibility index (Phi) is 24.8. The van der Waals surface area contributed by atoms with E-state index < -0.39 is 81.1 Å². The molecule has 58 heavy (non-hydrogen) atoms. The highest BCUT2D eigenvalue weighted by Gasteiger charge is 2.52. The lowest BCUT2D eigenvalue weighted by Crippen LogP contribution is -2.65. The maximum Gasteiger partial charge on any atom is 0.397 e. The maximum atomic E-state index is 13.5. The van der Waals surface area contributed by atoms with Gasteiger partial charge in [0, 0.05) is 24.6 Å². The third-order valence-corrected chi connectivity index (χ3v) is 11.2. The smallest absolute Gasteiger partial charge is 0.397 e. The first kappa shape index (κ1) is 51.5. The molecule has 1 aromatic rings. The molecule has 0 saturated carbocycles. The molecule has 336 valence electrons. The quantitative estimate of drug-likeness (QED) is 0.0341. The molecular weight excluding hydrogens is 799 g/mol. The van der Waals surface area contributed by atoms with Gasteiger partial charge in [-0.15, -0.1) is 0 Å². The van der Waals surface area contributed by atoms with Crippen LogP contribution >= 0.6 is 0 Å². The molecule has 0 aromatic carbocycles. The number of hydrogen-bond acceptors (Lipinski definition) is 12. The number of amides is 1. The van der Waals surface area contributed by atoms with Crippen LogP contribution in [0.2, 0.25) is 0 Å². The third kappa shape index (κ3) is 21.5. The first-order valence-corrected chi connectivity index (χ1v) is 24.0. The minimum absolute atomic E-state index is 0.00167. The molecule has 1 fully saturated rings. The number of carbonyl (C=O) groups is 2. The Hall–Kier alpha value is -2.68. The molecule has 1 aliphatic rings. The van der Waals surface area contributed by atoms with E-state index in [4.69, 9.17) is 13.7 Å². The van der Waals surface area contributed by atoms with Crippen LogP contribution in [0, 0.1) is 6.92 Å². The van der Waals surface area contributed by atoms with Crippen molar-refractivity contribution in [2.24, 2.45) is 0 Å². The number of H-pyrrole nitrogens is 1. The molecule has 1 aromatic heterocycles. The van der Waals surface area contributed by atoms with Crippen LogP contribution in [0.5, 0.6) is 0 Å². The largest absolute Gasteiger partial charge is 0.457 e. The Bertz CT molecular complexity index is 1680. The zero-order valence-corrected chi connectivity index (χ0v) is 36.3. The molecule has 2 heterocycles. The number of aromatic amines is 1. The zero-order valence-electron chi connectivity index (χ0n) is 34.7. The van der Waals surface area contributed by atoms with E-state index >= 15 is 0 Å². The number of nitrogens with one attached hydrogen (secondary N) is 2. The Labute approximate surface area is 344 Å². The second-order valence-corrected chi connectivity index (χ2v) is 17.5. The SMILES string of the molecule is CCCCCCCCCCCCCC(=O)N[C@@H]1[C@@H](OC(=O)CCCCCCCCCCCCC)[C@H](OS(=O)(=O)O)[C@@H](COS(=O)(=O)O)O[C@H]1n1cc(C)c(=O)[nH]c1=O. The molecule has 1 aliphatic heterocycles. The molecule has 5 atom stereocenters. The first-order chi connectivity index (χ1) is 27.6. The summed E-state index contributed by atoms with van der Waals surface area (Å²) in [6, 6.07) is -1.58. The summed E-state index contributed by atoms with van der Waals surface area (Å²) in [5.74, 6) is -1.41. The van der Waals surface area contributed by atoms with Crippen molar-refractivity contribution in [2.75, 3.05) is 6.61 Å². The van der Waals surface area contributed by atoms with E-state index in [9.17, 15) is 45.1 Å². The van der Waals surface area contributed by atoms with Crippen LogP contribution in [0.25, 0.3) is 0 Å². The van der Waals surface area contributed by atoms with Gasteiger partial charge >= 0.3 is 32.5 Å². The summed E-state index contributed by atoms with van der Waals surface area (Å²) in [4.78, 5) is 54.5. The molecule has 0 bridgehead atoms. The van der Waals surface area contributed by atoms with Gasteiger partial charge in [0.25, 0.3) is 5.56 Å². The van der Waals surface area contributed by atoms with Crippen LogP contribution < -0.4 is 16.6 Å². The molecule has 0 aliphatic carbocycles. The van der Waals surface area contributed by atoms with Gasteiger partial charge in [-0.2, -0.15) is 16.8 Å². The fourth-order valence-corrected chi connectivity index (χ4v) is 7.94. The summed E-state index contributed by atoms with van der Waals surface area (Å²) in [5, 5.41) is 2.68. The predicted molar refractivity (Wildman–Crippen MR) is 218 cm³/mol. The van der Waals surface area contributed by atoms with Crippen molar-refractivity contribution in [3.63, 3.8) is 0 Å². The van der Waals surface area contributed by atoms with Crippen molar-refractivity contribution >= 4 is 32.7 Å². The van der Waals surface area contributed by atoms with Crippen molar-refractivity contribution in [2.45, 2.75) is 205 Å². The Morgan fingerprint density at radius 2 is 1.19 bits per heavy atom. The van der Waals surface area contributed by atoms with Crippen molar-refractivity contribution in [1.29, 1.82) is 0 Å². The lowest BCUT2D eigenvalue weighted by Gasteiger charge is -2.45. The van der Waals surface area contributed by atoms with Crippen LogP contribution in [0.3, 0.4) is 0 Å². The second-order valence-electron chi connectivity index (χ2n) is 15.4. The molecular formula is C39H69N3O14S2. The molecule has 1 amide bonds. The van der Waals surface area contributed by atoms with E-state index in [0.717, 1.165) is 68.6 Å². The van der Waals surface area contributed by atoms with Crippen LogP contribution in [0.1, 0.15) is 180 Å². The topological polar surface area (TPSA) is 247 Å². The van der Waals surface area contributed by atoms with E-state index in [1.807, 2.05) is 0 Å². The molecule has 17 nitrogen and oxygen atoms in total. The highest BCUT2D eigenvalue weighted by atomic mass is 32.3.